The predicted octanol–water partition coefficient (Wildman–Crippen LogP) is 9.13. The van der Waals surface area contributed by atoms with Gasteiger partial charge in [-0.15, -0.1) is 0 Å². The van der Waals surface area contributed by atoms with E-state index in [2.05, 4.69) is 50.9 Å². The molecule has 0 atom stereocenters. The van der Waals surface area contributed by atoms with Gasteiger partial charge in [-0.3, -0.25) is 4.90 Å². The largest absolute Gasteiger partial charge is 0.290 e. The third kappa shape index (κ3) is 6.90. The van der Waals surface area contributed by atoms with Crippen LogP contribution in [0.4, 0.5) is 17.1 Å². The maximum Gasteiger partial charge on any atom is 0.0451 e. The van der Waals surface area contributed by atoms with Gasteiger partial charge >= 0.3 is 0 Å². The molecule has 0 amide bonds. The lowest BCUT2D eigenvalue weighted by Crippen LogP contribution is -2.22. The zero-order chi connectivity index (χ0) is 23.6. The fourth-order valence-electron chi connectivity index (χ4n) is 3.27. The van der Waals surface area contributed by atoms with Crippen molar-refractivity contribution in [3.05, 3.63) is 118 Å². The Morgan fingerprint density at radius 1 is 0.727 bits per heavy atom. The Kier molecular flexibility index (Phi) is 8.57. The molecule has 0 aliphatic carbocycles. The third-order valence-electron chi connectivity index (χ3n) is 4.64. The zero-order valence-corrected chi connectivity index (χ0v) is 19.5. The zero-order valence-electron chi connectivity index (χ0n) is 17.1. The fourth-order valence-corrected chi connectivity index (χ4v) is 3.82. The van der Waals surface area contributed by atoms with Gasteiger partial charge in [-0.05, 0) is 63.6 Å². The molecule has 0 aliphatic rings. The standard InChI is InChI=1S/C21H16BrClN10/c22-20-6-4-18(28-31-25)9-15(20)12-33(11-14-2-1-3-17(8-14)27-30-24)13-16-10-19(29-32-26)5-7-21(16)23/h1-10H,11-13H2. The van der Waals surface area contributed by atoms with Gasteiger partial charge in [0.1, 0.15) is 0 Å². The van der Waals surface area contributed by atoms with E-state index in [4.69, 9.17) is 28.2 Å². The van der Waals surface area contributed by atoms with E-state index in [-0.39, 0.29) is 0 Å². The fraction of sp³-hybridized carbons (Fsp3) is 0.143. The van der Waals surface area contributed by atoms with E-state index in [1.165, 1.54) is 0 Å². The van der Waals surface area contributed by atoms with E-state index in [0.29, 0.717) is 41.7 Å². The minimum absolute atomic E-state index is 0.442. The molecule has 0 aromatic heterocycles. The molecule has 0 unspecified atom stereocenters. The minimum atomic E-state index is 0.442. The highest BCUT2D eigenvalue weighted by Crippen LogP contribution is 2.29. The molecular weight excluding hydrogens is 508 g/mol. The third-order valence-corrected chi connectivity index (χ3v) is 5.79. The molecule has 10 nitrogen and oxygen atoms in total. The summed E-state index contributed by atoms with van der Waals surface area (Å²) in [5, 5.41) is 11.6. The lowest BCUT2D eigenvalue weighted by Gasteiger charge is -2.24. The van der Waals surface area contributed by atoms with E-state index in [9.17, 15) is 0 Å². The summed E-state index contributed by atoms with van der Waals surface area (Å²) in [5.74, 6) is 0. The number of benzene rings is 3. The van der Waals surface area contributed by atoms with Crippen LogP contribution < -0.4 is 0 Å². The summed E-state index contributed by atoms with van der Waals surface area (Å²) in [6, 6.07) is 17.8. The van der Waals surface area contributed by atoms with Crippen LogP contribution in [-0.4, -0.2) is 4.90 Å². The van der Waals surface area contributed by atoms with Gasteiger partial charge in [0, 0.05) is 60.9 Å². The van der Waals surface area contributed by atoms with E-state index in [0.717, 1.165) is 21.2 Å². The maximum absolute atomic E-state index is 8.77. The van der Waals surface area contributed by atoms with Crippen molar-refractivity contribution in [3.63, 3.8) is 0 Å². The van der Waals surface area contributed by atoms with E-state index >= 15 is 0 Å². The summed E-state index contributed by atoms with van der Waals surface area (Å²) in [5.41, 5.74) is 30.4. The van der Waals surface area contributed by atoms with Crippen LogP contribution in [0.15, 0.2) is 80.5 Å². The van der Waals surface area contributed by atoms with E-state index in [1.54, 1.807) is 30.3 Å². The molecule has 0 bridgehead atoms. The number of rotatable bonds is 9. The number of nitrogens with zero attached hydrogens (tertiary/aromatic N) is 10. The molecule has 0 aliphatic heterocycles. The van der Waals surface area contributed by atoms with Gasteiger partial charge in [0.15, 0.2) is 0 Å². The molecule has 0 spiro atoms. The van der Waals surface area contributed by atoms with Crippen molar-refractivity contribution in [2.24, 2.45) is 15.3 Å². The molecular formula is C21H16BrClN10. The highest BCUT2D eigenvalue weighted by molar-refractivity contribution is 9.10. The second kappa shape index (κ2) is 11.8. The van der Waals surface area contributed by atoms with Crippen LogP contribution in [0.3, 0.4) is 0 Å². The molecule has 3 aromatic carbocycles. The normalized spacial score (nSPS) is 10.2. The Morgan fingerprint density at radius 3 is 1.97 bits per heavy atom. The van der Waals surface area contributed by atoms with Crippen LogP contribution in [-0.2, 0) is 19.6 Å². The van der Waals surface area contributed by atoms with Crippen LogP contribution in [0.1, 0.15) is 16.7 Å². The van der Waals surface area contributed by atoms with Crippen LogP contribution in [0.5, 0.6) is 0 Å². The van der Waals surface area contributed by atoms with Crippen molar-refractivity contribution in [1.29, 1.82) is 0 Å². The quantitative estimate of drug-likeness (QED) is 0.153. The maximum atomic E-state index is 8.77. The number of hydrogen-bond acceptors (Lipinski definition) is 4. The van der Waals surface area contributed by atoms with Gasteiger partial charge in [-0.25, -0.2) is 0 Å². The highest BCUT2D eigenvalue weighted by Gasteiger charge is 2.14. The van der Waals surface area contributed by atoms with Crippen molar-refractivity contribution in [2.75, 3.05) is 0 Å². The molecule has 164 valence electrons. The summed E-state index contributed by atoms with van der Waals surface area (Å²) >= 11 is 9.99. The smallest absolute Gasteiger partial charge is 0.0451 e. The van der Waals surface area contributed by atoms with Crippen LogP contribution in [0.2, 0.25) is 5.02 Å². The van der Waals surface area contributed by atoms with Crippen LogP contribution in [0.25, 0.3) is 31.3 Å². The molecule has 0 saturated heterocycles. The minimum Gasteiger partial charge on any atom is -0.290 e. The number of hydrogen-bond donors (Lipinski definition) is 0. The average Bonchev–Trinajstić information content (AvgIpc) is 2.79. The summed E-state index contributed by atoms with van der Waals surface area (Å²) in [6.07, 6.45) is 0. The summed E-state index contributed by atoms with van der Waals surface area (Å²) in [6.45, 7) is 1.44. The Morgan fingerprint density at radius 2 is 1.30 bits per heavy atom. The first-order valence-electron chi connectivity index (χ1n) is 9.56. The first kappa shape index (κ1) is 24.0. The Bertz CT molecular complexity index is 1240. The summed E-state index contributed by atoms with van der Waals surface area (Å²) in [7, 11) is 0. The lowest BCUT2D eigenvalue weighted by atomic mass is 10.1. The molecule has 0 fully saturated rings. The van der Waals surface area contributed by atoms with Gasteiger partial charge < -0.3 is 0 Å². The molecule has 0 saturated carbocycles. The Hall–Kier alpha value is -3.68. The monoisotopic (exact) mass is 522 g/mol. The number of halogens is 2. The first-order valence-corrected chi connectivity index (χ1v) is 10.7. The SMILES string of the molecule is [N-]=[N+]=Nc1cccc(CN(Cc2cc(N=[N+]=[N-])ccc2Cl)Cc2cc(N=[N+]=[N-])ccc2Br)c1. The van der Waals surface area contributed by atoms with Crippen molar-refractivity contribution >= 4 is 44.6 Å². The second-order valence-electron chi connectivity index (χ2n) is 6.93. The molecule has 33 heavy (non-hydrogen) atoms. The number of azide groups is 3. The molecule has 0 radical (unpaired) electrons. The van der Waals surface area contributed by atoms with Crippen molar-refractivity contribution in [3.8, 4) is 0 Å². The first-order chi connectivity index (χ1) is 16.0. The molecule has 0 N–H and O–H groups in total. The summed E-state index contributed by atoms with van der Waals surface area (Å²) < 4.78 is 0.862. The highest BCUT2D eigenvalue weighted by atomic mass is 79.9. The average molecular weight is 524 g/mol. The lowest BCUT2D eigenvalue weighted by molar-refractivity contribution is 0.247. The molecule has 3 aromatic rings. The molecule has 3 rings (SSSR count). The van der Waals surface area contributed by atoms with Crippen LogP contribution in [0, 0.1) is 0 Å². The van der Waals surface area contributed by atoms with Crippen molar-refractivity contribution < 1.29 is 0 Å². The Balaban J connectivity index is 1.98. The van der Waals surface area contributed by atoms with Crippen LogP contribution >= 0.6 is 27.5 Å². The van der Waals surface area contributed by atoms with Gasteiger partial charge in [0.2, 0.25) is 0 Å². The summed E-state index contributed by atoms with van der Waals surface area (Å²) in [4.78, 5) is 10.7. The van der Waals surface area contributed by atoms with E-state index in [1.807, 2.05) is 30.3 Å². The van der Waals surface area contributed by atoms with E-state index < -0.39 is 0 Å². The topological polar surface area (TPSA) is 150 Å². The van der Waals surface area contributed by atoms with Gasteiger partial charge in [0.25, 0.3) is 0 Å². The molecule has 0 heterocycles. The van der Waals surface area contributed by atoms with Gasteiger partial charge in [0.05, 0.1) is 0 Å². The Labute approximate surface area is 202 Å². The predicted molar refractivity (Wildman–Crippen MR) is 131 cm³/mol. The second-order valence-corrected chi connectivity index (χ2v) is 8.20. The van der Waals surface area contributed by atoms with Crippen molar-refractivity contribution in [1.82, 2.24) is 4.90 Å². The molecule has 12 heteroatoms. The van der Waals surface area contributed by atoms with Gasteiger partial charge in [-0.2, -0.15) is 0 Å². The van der Waals surface area contributed by atoms with Crippen molar-refractivity contribution in [2.45, 2.75) is 19.6 Å². The van der Waals surface area contributed by atoms with Gasteiger partial charge in [-0.1, -0.05) is 73.2 Å².